The van der Waals surface area contributed by atoms with Crippen molar-refractivity contribution in [3.8, 4) is 11.1 Å². The highest BCUT2D eigenvalue weighted by Gasteiger charge is 2.24. The molecule has 0 N–H and O–H groups in total. The Morgan fingerprint density at radius 3 is 2.75 bits per heavy atom. The minimum Gasteiger partial charge on any atom is -0.260 e. The first-order chi connectivity index (χ1) is 7.68. The number of hydrogen-bond acceptors (Lipinski definition) is 2. The molecule has 1 aliphatic rings. The minimum atomic E-state index is 0.936. The molecule has 0 spiro atoms. The third-order valence-corrected chi connectivity index (χ3v) is 3.50. The SMILES string of the molecule is Cc1nc(C)c2c(c1C)-c1cccnc1C2. The van der Waals surface area contributed by atoms with E-state index in [9.17, 15) is 0 Å². The normalized spacial score (nSPS) is 12.4. The zero-order valence-corrected chi connectivity index (χ0v) is 9.83. The van der Waals surface area contributed by atoms with Crippen LogP contribution in [0.5, 0.6) is 0 Å². The third-order valence-electron chi connectivity index (χ3n) is 3.50. The number of pyridine rings is 2. The van der Waals surface area contributed by atoms with Crippen LogP contribution >= 0.6 is 0 Å². The zero-order chi connectivity index (χ0) is 11.3. The molecule has 3 rings (SSSR count). The van der Waals surface area contributed by atoms with E-state index in [4.69, 9.17) is 0 Å². The van der Waals surface area contributed by atoms with Crippen molar-refractivity contribution in [2.75, 3.05) is 0 Å². The fourth-order valence-electron chi connectivity index (χ4n) is 2.55. The predicted molar refractivity (Wildman–Crippen MR) is 64.5 cm³/mol. The summed E-state index contributed by atoms with van der Waals surface area (Å²) >= 11 is 0. The summed E-state index contributed by atoms with van der Waals surface area (Å²) < 4.78 is 0. The standard InChI is InChI=1S/C14H14N2/c1-8-9(2)16-10(3)12-7-13-11(14(8)12)5-4-6-15-13/h4-6H,7H2,1-3H3. The molecule has 2 nitrogen and oxygen atoms in total. The lowest BCUT2D eigenvalue weighted by atomic mass is 9.99. The molecule has 0 bridgehead atoms. The summed E-state index contributed by atoms with van der Waals surface area (Å²) in [5.41, 5.74) is 8.79. The number of aromatic nitrogens is 2. The van der Waals surface area contributed by atoms with E-state index in [1.54, 1.807) is 0 Å². The van der Waals surface area contributed by atoms with Gasteiger partial charge in [-0.1, -0.05) is 6.07 Å². The van der Waals surface area contributed by atoms with E-state index in [0.29, 0.717) is 0 Å². The van der Waals surface area contributed by atoms with E-state index in [0.717, 1.165) is 17.8 Å². The molecular formula is C14H14N2. The van der Waals surface area contributed by atoms with Crippen molar-refractivity contribution < 1.29 is 0 Å². The average Bonchev–Trinajstić information content (AvgIpc) is 2.66. The maximum absolute atomic E-state index is 4.60. The summed E-state index contributed by atoms with van der Waals surface area (Å²) in [6.45, 7) is 6.33. The molecule has 2 heteroatoms. The average molecular weight is 210 g/mol. The Kier molecular flexibility index (Phi) is 1.87. The first-order valence-corrected chi connectivity index (χ1v) is 5.59. The monoisotopic (exact) mass is 210 g/mol. The molecule has 2 heterocycles. The Morgan fingerprint density at radius 2 is 1.94 bits per heavy atom. The van der Waals surface area contributed by atoms with Gasteiger partial charge in [-0.25, -0.2) is 0 Å². The van der Waals surface area contributed by atoms with Gasteiger partial charge in [-0.3, -0.25) is 9.97 Å². The Bertz CT molecular complexity index is 586. The second-order valence-electron chi connectivity index (χ2n) is 4.44. The van der Waals surface area contributed by atoms with Gasteiger partial charge in [0.05, 0.1) is 5.69 Å². The van der Waals surface area contributed by atoms with Crippen LogP contribution in [0.2, 0.25) is 0 Å². The zero-order valence-electron chi connectivity index (χ0n) is 9.83. The van der Waals surface area contributed by atoms with Gasteiger partial charge in [-0.15, -0.1) is 0 Å². The highest BCUT2D eigenvalue weighted by molar-refractivity contribution is 5.79. The molecule has 80 valence electrons. The second-order valence-corrected chi connectivity index (χ2v) is 4.44. The van der Waals surface area contributed by atoms with Crippen LogP contribution in [-0.4, -0.2) is 9.97 Å². The van der Waals surface area contributed by atoms with Gasteiger partial charge in [0.2, 0.25) is 0 Å². The van der Waals surface area contributed by atoms with Crippen LogP contribution in [0.1, 0.15) is 28.2 Å². The minimum absolute atomic E-state index is 0.936. The van der Waals surface area contributed by atoms with Crippen molar-refractivity contribution in [2.45, 2.75) is 27.2 Å². The van der Waals surface area contributed by atoms with Crippen molar-refractivity contribution in [3.05, 3.63) is 46.5 Å². The third kappa shape index (κ3) is 1.13. The lowest BCUT2D eigenvalue weighted by Gasteiger charge is -2.10. The van der Waals surface area contributed by atoms with E-state index in [-0.39, 0.29) is 0 Å². The van der Waals surface area contributed by atoms with E-state index >= 15 is 0 Å². The van der Waals surface area contributed by atoms with E-state index < -0.39 is 0 Å². The van der Waals surface area contributed by atoms with Gasteiger partial charge < -0.3 is 0 Å². The summed E-state index contributed by atoms with van der Waals surface area (Å²) in [4.78, 5) is 9.06. The van der Waals surface area contributed by atoms with Gasteiger partial charge in [-0.2, -0.15) is 0 Å². The smallest absolute Gasteiger partial charge is 0.0526 e. The fraction of sp³-hybridized carbons (Fsp3) is 0.286. The molecule has 0 amide bonds. The van der Waals surface area contributed by atoms with Crippen LogP contribution in [0.4, 0.5) is 0 Å². The number of fused-ring (bicyclic) bond motifs is 3. The van der Waals surface area contributed by atoms with Crippen molar-refractivity contribution >= 4 is 0 Å². The largest absolute Gasteiger partial charge is 0.260 e. The Labute approximate surface area is 95.4 Å². The summed E-state index contributed by atoms with van der Waals surface area (Å²) in [5, 5.41) is 0. The number of hydrogen-bond donors (Lipinski definition) is 0. The molecule has 0 atom stereocenters. The number of rotatable bonds is 0. The first-order valence-electron chi connectivity index (χ1n) is 5.59. The summed E-state index contributed by atoms with van der Waals surface area (Å²) in [5.74, 6) is 0. The molecule has 2 aromatic rings. The fourth-order valence-corrected chi connectivity index (χ4v) is 2.55. The van der Waals surface area contributed by atoms with Gasteiger partial charge in [0.15, 0.2) is 0 Å². The van der Waals surface area contributed by atoms with Crippen molar-refractivity contribution in [3.63, 3.8) is 0 Å². The van der Waals surface area contributed by atoms with Crippen molar-refractivity contribution in [2.24, 2.45) is 0 Å². The van der Waals surface area contributed by atoms with Crippen LogP contribution in [0.15, 0.2) is 18.3 Å². The van der Waals surface area contributed by atoms with Crippen molar-refractivity contribution in [1.82, 2.24) is 9.97 Å². The lowest BCUT2D eigenvalue weighted by molar-refractivity contribution is 1.03. The number of nitrogens with zero attached hydrogens (tertiary/aromatic N) is 2. The Hall–Kier alpha value is -1.70. The van der Waals surface area contributed by atoms with E-state index in [1.807, 2.05) is 12.3 Å². The van der Waals surface area contributed by atoms with Crippen LogP contribution in [0.3, 0.4) is 0 Å². The molecule has 2 aromatic heterocycles. The van der Waals surface area contributed by atoms with Crippen LogP contribution in [0, 0.1) is 20.8 Å². The van der Waals surface area contributed by atoms with Crippen LogP contribution < -0.4 is 0 Å². The first kappa shape index (κ1) is 9.52. The second kappa shape index (κ2) is 3.14. The molecule has 0 radical (unpaired) electrons. The highest BCUT2D eigenvalue weighted by Crippen LogP contribution is 2.39. The summed E-state index contributed by atoms with van der Waals surface area (Å²) in [6.07, 6.45) is 2.81. The predicted octanol–water partition coefficient (Wildman–Crippen LogP) is 2.97. The quantitative estimate of drug-likeness (QED) is 0.570. The van der Waals surface area contributed by atoms with Gasteiger partial charge >= 0.3 is 0 Å². The van der Waals surface area contributed by atoms with Crippen LogP contribution in [0.25, 0.3) is 11.1 Å². The van der Waals surface area contributed by atoms with E-state index in [1.165, 1.54) is 27.9 Å². The maximum Gasteiger partial charge on any atom is 0.0526 e. The van der Waals surface area contributed by atoms with Crippen LogP contribution in [-0.2, 0) is 6.42 Å². The lowest BCUT2D eigenvalue weighted by Crippen LogP contribution is -1.97. The topological polar surface area (TPSA) is 25.8 Å². The number of aryl methyl sites for hydroxylation is 2. The molecule has 16 heavy (non-hydrogen) atoms. The summed E-state index contributed by atoms with van der Waals surface area (Å²) in [7, 11) is 0. The highest BCUT2D eigenvalue weighted by atomic mass is 14.7. The Balaban J connectivity index is 2.39. The molecule has 0 saturated heterocycles. The van der Waals surface area contributed by atoms with E-state index in [2.05, 4.69) is 36.8 Å². The molecule has 0 aliphatic heterocycles. The molecule has 1 aliphatic carbocycles. The van der Waals surface area contributed by atoms with Gasteiger partial charge in [0.25, 0.3) is 0 Å². The van der Waals surface area contributed by atoms with Crippen molar-refractivity contribution in [1.29, 1.82) is 0 Å². The van der Waals surface area contributed by atoms with Gasteiger partial charge in [0.1, 0.15) is 0 Å². The molecule has 0 fully saturated rings. The molecule has 0 aromatic carbocycles. The molecule has 0 saturated carbocycles. The Morgan fingerprint density at radius 1 is 1.12 bits per heavy atom. The van der Waals surface area contributed by atoms with Gasteiger partial charge in [-0.05, 0) is 43.5 Å². The molecular weight excluding hydrogens is 196 g/mol. The molecule has 0 unspecified atom stereocenters. The summed E-state index contributed by atoms with van der Waals surface area (Å²) in [6, 6.07) is 4.18. The van der Waals surface area contributed by atoms with Gasteiger partial charge in [0, 0.05) is 29.6 Å². The maximum atomic E-state index is 4.60.